The van der Waals surface area contributed by atoms with Gasteiger partial charge in [-0.1, -0.05) is 29.5 Å². The van der Waals surface area contributed by atoms with Gasteiger partial charge in [-0.2, -0.15) is 0 Å². The summed E-state index contributed by atoms with van der Waals surface area (Å²) < 4.78 is 1.89. The normalized spacial score (nSPS) is 19.8. The number of nitrogens with two attached hydrogens (primary N) is 1. The van der Waals surface area contributed by atoms with Crippen molar-refractivity contribution in [1.82, 2.24) is 15.0 Å². The molecule has 18 heavy (non-hydrogen) atoms. The fourth-order valence-electron chi connectivity index (χ4n) is 2.94. The topological polar surface area (TPSA) is 56.7 Å². The van der Waals surface area contributed by atoms with Crippen LogP contribution in [-0.4, -0.2) is 15.0 Å². The highest BCUT2D eigenvalue weighted by atomic mass is 15.4. The van der Waals surface area contributed by atoms with Gasteiger partial charge in [0.1, 0.15) is 0 Å². The Hall–Kier alpha value is -1.68. The van der Waals surface area contributed by atoms with E-state index in [0.29, 0.717) is 5.92 Å². The van der Waals surface area contributed by atoms with E-state index in [1.807, 2.05) is 4.68 Å². The molecule has 4 nitrogen and oxygen atoms in total. The number of nitrogens with zero attached hydrogens (tertiary/aromatic N) is 3. The van der Waals surface area contributed by atoms with Crippen molar-refractivity contribution in [3.63, 3.8) is 0 Å². The molecule has 1 aliphatic carbocycles. The second-order valence-electron chi connectivity index (χ2n) is 4.84. The van der Waals surface area contributed by atoms with Crippen molar-refractivity contribution in [2.45, 2.75) is 38.3 Å². The van der Waals surface area contributed by atoms with Gasteiger partial charge >= 0.3 is 0 Å². The van der Waals surface area contributed by atoms with Crippen LogP contribution in [-0.2, 0) is 13.0 Å². The molecule has 1 aromatic carbocycles. The van der Waals surface area contributed by atoms with E-state index in [9.17, 15) is 0 Å². The van der Waals surface area contributed by atoms with Gasteiger partial charge in [-0.05, 0) is 30.9 Å². The molecule has 0 spiro atoms. The van der Waals surface area contributed by atoms with Crippen LogP contribution in [0.5, 0.6) is 0 Å². The zero-order valence-corrected chi connectivity index (χ0v) is 10.6. The predicted molar refractivity (Wildman–Crippen MR) is 70.1 cm³/mol. The summed E-state index contributed by atoms with van der Waals surface area (Å²) in [5, 5.41) is 8.04. The molecule has 2 aromatic rings. The van der Waals surface area contributed by atoms with Crippen molar-refractivity contribution in [1.29, 1.82) is 0 Å². The Morgan fingerprint density at radius 1 is 1.44 bits per heavy atom. The monoisotopic (exact) mass is 242 g/mol. The van der Waals surface area contributed by atoms with Crippen LogP contribution in [0.1, 0.15) is 42.1 Å². The molecule has 0 aliphatic heterocycles. The molecule has 0 saturated carbocycles. The average molecular weight is 242 g/mol. The van der Waals surface area contributed by atoms with Crippen LogP contribution in [0.25, 0.3) is 0 Å². The first-order chi connectivity index (χ1) is 8.81. The summed E-state index contributed by atoms with van der Waals surface area (Å²) in [5.74, 6) is 0.394. The summed E-state index contributed by atoms with van der Waals surface area (Å²) in [4.78, 5) is 0. The Bertz CT molecular complexity index is 546. The van der Waals surface area contributed by atoms with Crippen molar-refractivity contribution >= 4 is 0 Å². The summed E-state index contributed by atoms with van der Waals surface area (Å²) in [6.45, 7) is 2.88. The van der Waals surface area contributed by atoms with E-state index in [2.05, 4.69) is 41.5 Å². The van der Waals surface area contributed by atoms with Crippen LogP contribution in [0.2, 0.25) is 0 Å². The molecule has 2 unspecified atom stereocenters. The predicted octanol–water partition coefficient (Wildman–Crippen LogP) is 2.03. The highest BCUT2D eigenvalue weighted by molar-refractivity contribution is 5.37. The summed E-state index contributed by atoms with van der Waals surface area (Å²) in [6, 6.07) is 8.59. The van der Waals surface area contributed by atoms with Gasteiger partial charge in [-0.15, -0.1) is 5.10 Å². The second kappa shape index (κ2) is 4.53. The molecule has 3 rings (SSSR count). The third-order valence-corrected chi connectivity index (χ3v) is 3.90. The standard InChI is InChI=1S/C14H18N4/c1-2-18-13(9-16-17-18)14(15)12-8-7-10-5-3-4-6-11(10)12/h3-6,9,12,14H,2,7-8,15H2,1H3. The number of aromatic nitrogens is 3. The molecule has 1 aromatic heterocycles. The SMILES string of the molecule is CCn1nncc1C(N)C1CCc2ccccc21. The summed E-state index contributed by atoms with van der Waals surface area (Å²) in [6.07, 6.45) is 4.05. The van der Waals surface area contributed by atoms with E-state index >= 15 is 0 Å². The molecule has 94 valence electrons. The van der Waals surface area contributed by atoms with Crippen molar-refractivity contribution in [2.24, 2.45) is 5.73 Å². The Labute approximate surface area is 107 Å². The second-order valence-corrected chi connectivity index (χ2v) is 4.84. The molecule has 1 aliphatic rings. The number of fused-ring (bicyclic) bond motifs is 1. The van der Waals surface area contributed by atoms with Crippen molar-refractivity contribution in [2.75, 3.05) is 0 Å². The molecular weight excluding hydrogens is 224 g/mol. The number of hydrogen-bond acceptors (Lipinski definition) is 3. The third kappa shape index (κ3) is 1.73. The van der Waals surface area contributed by atoms with Crippen LogP contribution in [0.15, 0.2) is 30.5 Å². The van der Waals surface area contributed by atoms with E-state index in [4.69, 9.17) is 5.73 Å². The fraction of sp³-hybridized carbons (Fsp3) is 0.429. The van der Waals surface area contributed by atoms with Gasteiger partial charge in [0.2, 0.25) is 0 Å². The van der Waals surface area contributed by atoms with Gasteiger partial charge in [-0.25, -0.2) is 4.68 Å². The van der Waals surface area contributed by atoms with Gasteiger partial charge in [0, 0.05) is 12.5 Å². The summed E-state index contributed by atoms with van der Waals surface area (Å²) in [5.41, 5.74) is 10.3. The molecule has 0 fully saturated rings. The molecule has 4 heteroatoms. The van der Waals surface area contributed by atoms with Crippen molar-refractivity contribution in [3.05, 3.63) is 47.3 Å². The van der Waals surface area contributed by atoms with Crippen LogP contribution >= 0.6 is 0 Å². The lowest BCUT2D eigenvalue weighted by atomic mass is 9.92. The third-order valence-electron chi connectivity index (χ3n) is 3.90. The van der Waals surface area contributed by atoms with Gasteiger partial charge in [-0.3, -0.25) is 0 Å². The van der Waals surface area contributed by atoms with E-state index in [1.165, 1.54) is 11.1 Å². The lowest BCUT2D eigenvalue weighted by Gasteiger charge is -2.20. The Balaban J connectivity index is 1.93. The number of aryl methyl sites for hydroxylation is 2. The minimum Gasteiger partial charge on any atom is -0.322 e. The molecule has 0 radical (unpaired) electrons. The van der Waals surface area contributed by atoms with Crippen LogP contribution in [0.3, 0.4) is 0 Å². The lowest BCUT2D eigenvalue weighted by molar-refractivity contribution is 0.492. The van der Waals surface area contributed by atoms with Gasteiger partial charge in [0.15, 0.2) is 0 Å². The Morgan fingerprint density at radius 2 is 2.28 bits per heavy atom. The maximum Gasteiger partial charge on any atom is 0.0760 e. The molecule has 1 heterocycles. The van der Waals surface area contributed by atoms with Crippen LogP contribution in [0.4, 0.5) is 0 Å². The number of benzene rings is 1. The quantitative estimate of drug-likeness (QED) is 0.896. The molecule has 2 N–H and O–H groups in total. The smallest absolute Gasteiger partial charge is 0.0760 e. The molecular formula is C14H18N4. The van der Waals surface area contributed by atoms with Gasteiger partial charge in [0.25, 0.3) is 0 Å². The molecule has 2 atom stereocenters. The number of rotatable bonds is 3. The Morgan fingerprint density at radius 3 is 3.11 bits per heavy atom. The minimum atomic E-state index is -0.0106. The first kappa shape index (κ1) is 11.4. The van der Waals surface area contributed by atoms with E-state index in [-0.39, 0.29) is 6.04 Å². The molecule has 0 amide bonds. The fourth-order valence-corrected chi connectivity index (χ4v) is 2.94. The highest BCUT2D eigenvalue weighted by Crippen LogP contribution is 2.39. The largest absolute Gasteiger partial charge is 0.322 e. The van der Waals surface area contributed by atoms with Crippen LogP contribution in [0, 0.1) is 0 Å². The zero-order valence-electron chi connectivity index (χ0n) is 10.6. The molecule has 0 bridgehead atoms. The molecule has 0 saturated heterocycles. The van der Waals surface area contributed by atoms with Crippen LogP contribution < -0.4 is 5.73 Å². The van der Waals surface area contributed by atoms with E-state index in [0.717, 1.165) is 25.1 Å². The van der Waals surface area contributed by atoms with E-state index in [1.54, 1.807) is 6.20 Å². The lowest BCUT2D eigenvalue weighted by Crippen LogP contribution is -2.21. The summed E-state index contributed by atoms with van der Waals surface area (Å²) >= 11 is 0. The minimum absolute atomic E-state index is 0.0106. The average Bonchev–Trinajstić information content (AvgIpc) is 3.04. The van der Waals surface area contributed by atoms with E-state index < -0.39 is 0 Å². The first-order valence-corrected chi connectivity index (χ1v) is 6.53. The zero-order chi connectivity index (χ0) is 12.5. The first-order valence-electron chi connectivity index (χ1n) is 6.53. The maximum atomic E-state index is 6.44. The Kier molecular flexibility index (Phi) is 2.88. The van der Waals surface area contributed by atoms with Gasteiger partial charge in [0.05, 0.1) is 17.9 Å². The summed E-state index contributed by atoms with van der Waals surface area (Å²) in [7, 11) is 0. The van der Waals surface area contributed by atoms with Crippen molar-refractivity contribution in [3.8, 4) is 0 Å². The highest BCUT2D eigenvalue weighted by Gasteiger charge is 2.30. The number of hydrogen-bond donors (Lipinski definition) is 1. The van der Waals surface area contributed by atoms with Gasteiger partial charge < -0.3 is 5.73 Å². The van der Waals surface area contributed by atoms with Crippen molar-refractivity contribution < 1.29 is 0 Å². The maximum absolute atomic E-state index is 6.44.